The molecule has 4 aliphatic rings. The average molecular weight is 557 g/mol. The van der Waals surface area contributed by atoms with Gasteiger partial charge in [0.05, 0.1) is 0 Å². The highest BCUT2D eigenvalue weighted by Gasteiger charge is 2.67. The van der Waals surface area contributed by atoms with E-state index in [0.717, 1.165) is 25.7 Å². The van der Waals surface area contributed by atoms with Gasteiger partial charge in [-0.05, 0) is 73.7 Å². The zero-order chi connectivity index (χ0) is 29.6. The summed E-state index contributed by atoms with van der Waals surface area (Å²) in [6.45, 7) is 12.8. The first-order chi connectivity index (χ1) is 18.8. The van der Waals surface area contributed by atoms with Crippen LogP contribution in [0.15, 0.2) is 23.3 Å². The van der Waals surface area contributed by atoms with Crippen LogP contribution < -0.4 is 0 Å². The van der Waals surface area contributed by atoms with Crippen LogP contribution in [0, 0.1) is 46.3 Å². The predicted molar refractivity (Wildman–Crippen MR) is 151 cm³/mol. The van der Waals surface area contributed by atoms with E-state index in [4.69, 9.17) is 9.47 Å². The highest BCUT2D eigenvalue weighted by atomic mass is 16.5. The number of aliphatic hydroxyl groups excluding tert-OH is 1. The van der Waals surface area contributed by atoms with Gasteiger partial charge >= 0.3 is 11.9 Å². The van der Waals surface area contributed by atoms with Gasteiger partial charge in [0.25, 0.3) is 0 Å². The van der Waals surface area contributed by atoms with Crippen molar-refractivity contribution in [3.63, 3.8) is 0 Å². The maximum absolute atomic E-state index is 14.3. The molecule has 10 atom stereocenters. The van der Waals surface area contributed by atoms with Crippen molar-refractivity contribution < 1.29 is 33.8 Å². The highest BCUT2D eigenvalue weighted by Crippen LogP contribution is 2.66. The Labute approximate surface area is 239 Å². The van der Waals surface area contributed by atoms with Crippen molar-refractivity contribution in [1.29, 1.82) is 0 Å². The summed E-state index contributed by atoms with van der Waals surface area (Å²) in [7, 11) is 0. The van der Waals surface area contributed by atoms with E-state index >= 15 is 0 Å². The fourth-order valence-corrected chi connectivity index (χ4v) is 9.15. The molecule has 0 amide bonds. The van der Waals surface area contributed by atoms with Crippen LogP contribution in [0.1, 0.15) is 93.4 Å². The van der Waals surface area contributed by atoms with Crippen molar-refractivity contribution in [2.75, 3.05) is 6.61 Å². The fourth-order valence-electron chi connectivity index (χ4n) is 9.15. The molecule has 7 nitrogen and oxygen atoms in total. The summed E-state index contributed by atoms with van der Waals surface area (Å²) in [5.74, 6) is -1.00. The number of aliphatic hydroxyl groups is 1. The lowest BCUT2D eigenvalue weighted by molar-refractivity contribution is -0.157. The number of hydrogen-bond donors (Lipinski definition) is 1. The van der Waals surface area contributed by atoms with Gasteiger partial charge in [-0.2, -0.15) is 0 Å². The van der Waals surface area contributed by atoms with E-state index in [1.54, 1.807) is 0 Å². The van der Waals surface area contributed by atoms with Gasteiger partial charge in [0.2, 0.25) is 0 Å². The quantitative estimate of drug-likeness (QED) is 0.243. The van der Waals surface area contributed by atoms with Crippen molar-refractivity contribution in [2.24, 2.45) is 46.3 Å². The predicted octanol–water partition coefficient (Wildman–Crippen LogP) is 5.39. The Balaban J connectivity index is 1.67. The highest BCUT2D eigenvalue weighted by molar-refractivity contribution is 5.98. The van der Waals surface area contributed by atoms with Crippen molar-refractivity contribution >= 4 is 23.5 Å². The number of carbonyl (C=O) groups excluding carboxylic acids is 4. The molecule has 40 heavy (non-hydrogen) atoms. The Morgan fingerprint density at radius 2 is 1.77 bits per heavy atom. The lowest BCUT2D eigenvalue weighted by Gasteiger charge is -2.57. The molecule has 0 aromatic carbocycles. The number of Topliss-reactive ketones (excluding diaryl/α,β-unsaturated/α-hetero) is 2. The maximum Gasteiger partial charge on any atom is 0.302 e. The number of hydrogen-bond acceptors (Lipinski definition) is 7. The number of allylic oxidation sites excluding steroid dienone is 3. The molecule has 4 rings (SSSR count). The fraction of sp³-hybridized carbons (Fsp3) is 0.758. The van der Waals surface area contributed by atoms with E-state index in [9.17, 15) is 24.3 Å². The molecular weight excluding hydrogens is 508 g/mol. The Kier molecular flexibility index (Phi) is 8.85. The number of esters is 2. The summed E-state index contributed by atoms with van der Waals surface area (Å²) in [5.41, 5.74) is 1.05. The molecule has 0 aromatic heterocycles. The Morgan fingerprint density at radius 1 is 1.10 bits per heavy atom. The molecule has 0 spiro atoms. The molecular formula is C33H48O7. The summed E-state index contributed by atoms with van der Waals surface area (Å²) < 4.78 is 11.5. The summed E-state index contributed by atoms with van der Waals surface area (Å²) in [6, 6.07) is 0. The minimum absolute atomic E-state index is 0.00422. The number of ether oxygens (including phenoxy) is 2. The third-order valence-electron chi connectivity index (χ3n) is 11.2. The van der Waals surface area contributed by atoms with E-state index < -0.39 is 23.4 Å². The molecule has 0 saturated heterocycles. The Bertz CT molecular complexity index is 1100. The molecule has 0 heterocycles. The van der Waals surface area contributed by atoms with Gasteiger partial charge in [-0.3, -0.25) is 19.2 Å². The van der Waals surface area contributed by atoms with Crippen molar-refractivity contribution in [3.05, 3.63) is 23.3 Å². The Hall–Kier alpha value is -2.28. The molecule has 1 N–H and O–H groups in total. The minimum Gasteiger partial charge on any atom is -0.462 e. The zero-order valence-electron chi connectivity index (χ0n) is 25.3. The molecule has 3 fully saturated rings. The molecule has 0 aromatic rings. The molecule has 222 valence electrons. The number of fused-ring (bicyclic) bond motifs is 5. The normalized spacial score (nSPS) is 38.8. The van der Waals surface area contributed by atoms with Crippen molar-refractivity contribution in [2.45, 2.75) is 106 Å². The molecule has 0 unspecified atom stereocenters. The topological polar surface area (TPSA) is 107 Å². The van der Waals surface area contributed by atoms with Crippen LogP contribution in [0.5, 0.6) is 0 Å². The average Bonchev–Trinajstić information content (AvgIpc) is 3.19. The largest absolute Gasteiger partial charge is 0.462 e. The van der Waals surface area contributed by atoms with Crippen LogP contribution in [0.2, 0.25) is 0 Å². The standard InChI is InChI=1S/C33H48O7/c1-8-22(13-18(2)17-34)31(38)19(3)30-28(40-21(5)36)15-27-25-10-9-23-14-24(39-20(4)35)11-12-32(23,6)26(25)16-29(37)33(27,30)7/h8-9,18-19,24-28,30,34H,10-17H2,1-7H3/b22-8+/t18-,19+,24+,25-,26+,27+,28+,30+,32+,33-/m1/s1. The molecule has 7 heteroatoms. The molecule has 3 saturated carbocycles. The monoisotopic (exact) mass is 556 g/mol. The lowest BCUT2D eigenvalue weighted by atomic mass is 9.46. The van der Waals surface area contributed by atoms with Crippen LogP contribution in [0.3, 0.4) is 0 Å². The third kappa shape index (κ3) is 5.23. The first-order valence-electron chi connectivity index (χ1n) is 15.1. The Morgan fingerprint density at radius 3 is 2.38 bits per heavy atom. The molecule has 0 aliphatic heterocycles. The third-order valence-corrected chi connectivity index (χ3v) is 11.2. The lowest BCUT2D eigenvalue weighted by Crippen LogP contribution is -2.56. The molecule has 0 radical (unpaired) electrons. The summed E-state index contributed by atoms with van der Waals surface area (Å²) >= 11 is 0. The first kappa shape index (κ1) is 30.7. The van der Waals surface area contributed by atoms with E-state index in [1.165, 1.54) is 19.4 Å². The van der Waals surface area contributed by atoms with Gasteiger partial charge in [0.15, 0.2) is 5.78 Å². The molecule has 4 aliphatic carbocycles. The van der Waals surface area contributed by atoms with Gasteiger partial charge in [-0.1, -0.05) is 45.4 Å². The van der Waals surface area contributed by atoms with Crippen LogP contribution >= 0.6 is 0 Å². The maximum atomic E-state index is 14.3. The summed E-state index contributed by atoms with van der Waals surface area (Å²) in [5, 5.41) is 9.58. The van der Waals surface area contributed by atoms with Crippen LogP contribution in [-0.2, 0) is 28.7 Å². The van der Waals surface area contributed by atoms with E-state index in [0.29, 0.717) is 24.8 Å². The minimum atomic E-state index is -0.769. The van der Waals surface area contributed by atoms with Gasteiger partial charge in [0.1, 0.15) is 18.0 Å². The van der Waals surface area contributed by atoms with Gasteiger partial charge in [-0.25, -0.2) is 0 Å². The SMILES string of the molecule is C/C=C(\C[C@@H](C)CO)C(=O)[C@@H](C)[C@H]1[C@@H](OC(C)=O)C[C@H]2[C@@H]3CC=C4C[C@@H](OC(C)=O)CC[C@]4(C)[C@H]3CC(=O)[C@]12C. The van der Waals surface area contributed by atoms with E-state index in [-0.39, 0.29) is 65.3 Å². The second kappa shape index (κ2) is 11.5. The smallest absolute Gasteiger partial charge is 0.302 e. The van der Waals surface area contributed by atoms with Crippen LogP contribution in [-0.4, -0.2) is 47.4 Å². The zero-order valence-corrected chi connectivity index (χ0v) is 25.3. The van der Waals surface area contributed by atoms with E-state index in [2.05, 4.69) is 13.0 Å². The van der Waals surface area contributed by atoms with Gasteiger partial charge in [0, 0.05) is 50.5 Å². The van der Waals surface area contributed by atoms with Crippen LogP contribution in [0.4, 0.5) is 0 Å². The second-order valence-corrected chi connectivity index (χ2v) is 13.5. The molecule has 0 bridgehead atoms. The van der Waals surface area contributed by atoms with Gasteiger partial charge in [-0.15, -0.1) is 0 Å². The number of carbonyl (C=O) groups is 4. The second-order valence-electron chi connectivity index (χ2n) is 13.5. The first-order valence-corrected chi connectivity index (χ1v) is 15.1. The van der Waals surface area contributed by atoms with Crippen molar-refractivity contribution in [3.8, 4) is 0 Å². The van der Waals surface area contributed by atoms with Crippen molar-refractivity contribution in [1.82, 2.24) is 0 Å². The van der Waals surface area contributed by atoms with Gasteiger partial charge < -0.3 is 14.6 Å². The number of rotatable bonds is 8. The number of ketones is 2. The summed E-state index contributed by atoms with van der Waals surface area (Å²) in [6.07, 6.45) is 8.26. The summed E-state index contributed by atoms with van der Waals surface area (Å²) in [4.78, 5) is 52.0. The van der Waals surface area contributed by atoms with Crippen LogP contribution in [0.25, 0.3) is 0 Å². The van der Waals surface area contributed by atoms with E-state index in [1.807, 2.05) is 33.8 Å².